The minimum absolute atomic E-state index is 0.212. The van der Waals surface area contributed by atoms with Gasteiger partial charge in [-0.25, -0.2) is 0 Å². The van der Waals surface area contributed by atoms with Gasteiger partial charge in [-0.15, -0.1) is 10.2 Å². The summed E-state index contributed by atoms with van der Waals surface area (Å²) in [6.07, 6.45) is 0. The Kier molecular flexibility index (Phi) is 6.36. The highest BCUT2D eigenvalue weighted by atomic mass is 35.5. The zero-order chi connectivity index (χ0) is 25.4. The van der Waals surface area contributed by atoms with Crippen LogP contribution in [0.25, 0.3) is 10.8 Å². The van der Waals surface area contributed by atoms with Gasteiger partial charge < -0.3 is 24.6 Å². The lowest BCUT2D eigenvalue weighted by Crippen LogP contribution is -2.47. The van der Waals surface area contributed by atoms with Crippen LogP contribution in [-0.4, -0.2) is 49.1 Å². The number of aromatic nitrogens is 2. The van der Waals surface area contributed by atoms with Crippen molar-refractivity contribution < 1.29 is 14.3 Å². The highest BCUT2D eigenvalue weighted by molar-refractivity contribution is 6.42. The number of nitrogens with zero attached hydrogens (tertiary/aromatic N) is 4. The van der Waals surface area contributed by atoms with Crippen LogP contribution >= 0.6 is 23.2 Å². The number of hydrogen-bond acceptors (Lipinski definition) is 7. The number of ether oxygens (including phenoxy) is 2. The normalized spacial score (nSPS) is 14.8. The SMILES string of the molecule is O=C(NCc1ccc2c(c1)OCO2)c1nnc(N2CCN(c3ccc(Cl)c(Cl)c3)CC2)c2ccccc12. The maximum Gasteiger partial charge on any atom is 0.272 e. The third-order valence-corrected chi connectivity index (χ3v) is 7.36. The highest BCUT2D eigenvalue weighted by Crippen LogP contribution is 2.33. The molecule has 3 aromatic carbocycles. The first kappa shape index (κ1) is 23.6. The van der Waals surface area contributed by atoms with Crippen molar-refractivity contribution in [1.82, 2.24) is 15.5 Å². The molecule has 1 aromatic heterocycles. The Labute approximate surface area is 223 Å². The molecule has 0 bridgehead atoms. The molecule has 0 radical (unpaired) electrons. The van der Waals surface area contributed by atoms with E-state index in [4.69, 9.17) is 32.7 Å². The molecule has 6 rings (SSSR count). The summed E-state index contributed by atoms with van der Waals surface area (Å²) < 4.78 is 10.8. The lowest BCUT2D eigenvalue weighted by Gasteiger charge is -2.37. The molecule has 1 amide bonds. The van der Waals surface area contributed by atoms with E-state index in [1.165, 1.54) is 0 Å². The molecule has 0 spiro atoms. The monoisotopic (exact) mass is 535 g/mol. The third kappa shape index (κ3) is 4.70. The van der Waals surface area contributed by atoms with Crippen molar-refractivity contribution in [3.63, 3.8) is 0 Å². The molecule has 8 nitrogen and oxygen atoms in total. The van der Waals surface area contributed by atoms with E-state index >= 15 is 0 Å². The van der Waals surface area contributed by atoms with E-state index in [9.17, 15) is 4.79 Å². The number of anilines is 2. The van der Waals surface area contributed by atoms with Gasteiger partial charge in [-0.3, -0.25) is 4.79 Å². The minimum atomic E-state index is -0.280. The summed E-state index contributed by atoms with van der Waals surface area (Å²) in [5, 5.41) is 14.6. The summed E-state index contributed by atoms with van der Waals surface area (Å²) >= 11 is 12.3. The number of benzene rings is 3. The topological polar surface area (TPSA) is 79.8 Å². The van der Waals surface area contributed by atoms with E-state index < -0.39 is 0 Å². The predicted octanol–water partition coefficient (Wildman–Crippen LogP) is 4.92. The van der Waals surface area contributed by atoms with Gasteiger partial charge in [-0.1, -0.05) is 53.5 Å². The number of carbonyl (C=O) groups excluding carboxylic acids is 1. The molecule has 188 valence electrons. The van der Waals surface area contributed by atoms with Gasteiger partial charge in [0.05, 0.1) is 10.0 Å². The Hall–Kier alpha value is -3.75. The summed E-state index contributed by atoms with van der Waals surface area (Å²) in [4.78, 5) is 17.6. The molecule has 1 fully saturated rings. The van der Waals surface area contributed by atoms with Crippen LogP contribution < -0.4 is 24.6 Å². The van der Waals surface area contributed by atoms with Crippen molar-refractivity contribution in [3.05, 3.63) is 82.0 Å². The van der Waals surface area contributed by atoms with Gasteiger partial charge in [0.25, 0.3) is 5.91 Å². The van der Waals surface area contributed by atoms with Crippen molar-refractivity contribution in [2.75, 3.05) is 42.8 Å². The van der Waals surface area contributed by atoms with E-state index in [0.717, 1.165) is 54.0 Å². The van der Waals surface area contributed by atoms with Crippen LogP contribution in [-0.2, 0) is 6.54 Å². The van der Waals surface area contributed by atoms with Crippen LogP contribution in [0.3, 0.4) is 0 Å². The maximum atomic E-state index is 13.1. The van der Waals surface area contributed by atoms with Crippen molar-refractivity contribution in [3.8, 4) is 11.5 Å². The lowest BCUT2D eigenvalue weighted by molar-refractivity contribution is 0.0946. The van der Waals surface area contributed by atoms with Crippen LogP contribution in [0.5, 0.6) is 11.5 Å². The predicted molar refractivity (Wildman–Crippen MR) is 144 cm³/mol. The van der Waals surface area contributed by atoms with Crippen molar-refractivity contribution >= 4 is 51.4 Å². The second kappa shape index (κ2) is 9.95. The van der Waals surface area contributed by atoms with Gasteiger partial charge in [0, 0.05) is 49.2 Å². The van der Waals surface area contributed by atoms with Gasteiger partial charge in [0.1, 0.15) is 0 Å². The smallest absolute Gasteiger partial charge is 0.272 e. The van der Waals surface area contributed by atoms with Crippen molar-refractivity contribution in [2.24, 2.45) is 0 Å². The standard InChI is InChI=1S/C27H23Cl2N5O3/c28-21-7-6-18(14-22(21)29)33-9-11-34(12-10-33)26-20-4-2-1-3-19(20)25(31-32-26)27(35)30-15-17-5-8-23-24(13-17)37-16-36-23/h1-8,13-14H,9-12,15-16H2,(H,30,35). The Morgan fingerprint density at radius 3 is 2.41 bits per heavy atom. The van der Waals surface area contributed by atoms with E-state index in [-0.39, 0.29) is 12.7 Å². The van der Waals surface area contributed by atoms with Gasteiger partial charge in [0.15, 0.2) is 23.0 Å². The average molecular weight is 536 g/mol. The van der Waals surface area contributed by atoms with Crippen LogP contribution in [0, 0.1) is 0 Å². The number of rotatable bonds is 5. The molecule has 1 N–H and O–H groups in total. The molecule has 10 heteroatoms. The second-order valence-electron chi connectivity index (χ2n) is 8.86. The number of carbonyl (C=O) groups is 1. The molecule has 0 unspecified atom stereocenters. The zero-order valence-corrected chi connectivity index (χ0v) is 21.3. The number of nitrogens with one attached hydrogen (secondary N) is 1. The Balaban J connectivity index is 1.18. The molecule has 0 saturated carbocycles. The van der Waals surface area contributed by atoms with Gasteiger partial charge in [-0.2, -0.15) is 0 Å². The Bertz CT molecular complexity index is 1490. The number of halogens is 2. The third-order valence-electron chi connectivity index (χ3n) is 6.62. The van der Waals surface area contributed by atoms with Crippen LogP contribution in [0.2, 0.25) is 10.0 Å². The number of amides is 1. The van der Waals surface area contributed by atoms with E-state index in [1.54, 1.807) is 0 Å². The van der Waals surface area contributed by atoms with Gasteiger partial charge in [-0.05, 0) is 35.9 Å². The maximum absolute atomic E-state index is 13.1. The van der Waals surface area contributed by atoms with Crippen LogP contribution in [0.4, 0.5) is 11.5 Å². The van der Waals surface area contributed by atoms with Crippen LogP contribution in [0.1, 0.15) is 16.1 Å². The fourth-order valence-corrected chi connectivity index (χ4v) is 4.96. The second-order valence-corrected chi connectivity index (χ2v) is 9.67. The molecule has 1 saturated heterocycles. The quantitative estimate of drug-likeness (QED) is 0.388. The molecule has 2 aliphatic rings. The summed E-state index contributed by atoms with van der Waals surface area (Å²) in [5.41, 5.74) is 2.25. The Morgan fingerprint density at radius 1 is 0.838 bits per heavy atom. The largest absolute Gasteiger partial charge is 0.454 e. The molecule has 37 heavy (non-hydrogen) atoms. The molecular weight excluding hydrogens is 513 g/mol. The molecule has 3 heterocycles. The summed E-state index contributed by atoms with van der Waals surface area (Å²) in [6, 6.07) is 19.1. The summed E-state index contributed by atoms with van der Waals surface area (Å²) in [6.45, 7) is 3.66. The molecular formula is C27H23Cl2N5O3. The highest BCUT2D eigenvalue weighted by Gasteiger charge is 2.23. The first-order valence-corrected chi connectivity index (χ1v) is 12.7. The fraction of sp³-hybridized carbons (Fsp3) is 0.222. The first-order valence-electron chi connectivity index (χ1n) is 11.9. The lowest BCUT2D eigenvalue weighted by atomic mass is 10.1. The first-order chi connectivity index (χ1) is 18.1. The van der Waals surface area contributed by atoms with E-state index in [2.05, 4.69) is 25.3 Å². The van der Waals surface area contributed by atoms with E-state index in [1.807, 2.05) is 60.7 Å². The molecule has 2 aliphatic heterocycles. The van der Waals surface area contributed by atoms with Gasteiger partial charge in [0.2, 0.25) is 6.79 Å². The number of piperazine rings is 1. The number of fused-ring (bicyclic) bond motifs is 2. The van der Waals surface area contributed by atoms with E-state index in [0.29, 0.717) is 33.8 Å². The van der Waals surface area contributed by atoms with Crippen molar-refractivity contribution in [1.29, 1.82) is 0 Å². The molecule has 0 atom stereocenters. The van der Waals surface area contributed by atoms with Gasteiger partial charge >= 0.3 is 0 Å². The summed E-state index contributed by atoms with van der Waals surface area (Å²) in [7, 11) is 0. The fourth-order valence-electron chi connectivity index (χ4n) is 4.67. The Morgan fingerprint density at radius 2 is 1.59 bits per heavy atom. The minimum Gasteiger partial charge on any atom is -0.454 e. The average Bonchev–Trinajstić information content (AvgIpc) is 3.41. The summed E-state index contributed by atoms with van der Waals surface area (Å²) in [5.74, 6) is 1.88. The zero-order valence-electron chi connectivity index (χ0n) is 19.8. The molecule has 0 aliphatic carbocycles. The van der Waals surface area contributed by atoms with Crippen molar-refractivity contribution in [2.45, 2.75) is 6.54 Å². The van der Waals surface area contributed by atoms with Crippen LogP contribution in [0.15, 0.2) is 60.7 Å². The molecule has 4 aromatic rings. The number of hydrogen-bond donors (Lipinski definition) is 1.